The Morgan fingerprint density at radius 1 is 1.24 bits per heavy atom. The Morgan fingerprint density at radius 2 is 2.00 bits per heavy atom. The zero-order valence-corrected chi connectivity index (χ0v) is 13.0. The highest BCUT2D eigenvalue weighted by molar-refractivity contribution is 9.10. The number of hydrogen-bond donors (Lipinski definition) is 3. The second-order valence-corrected chi connectivity index (χ2v) is 5.35. The molecule has 7 heteroatoms. The summed E-state index contributed by atoms with van der Waals surface area (Å²) in [5.41, 5.74) is 5.61. The fourth-order valence-corrected chi connectivity index (χ4v) is 2.04. The molecule has 1 heterocycles. The lowest BCUT2D eigenvalue weighted by molar-refractivity contribution is -0.117. The first-order valence-corrected chi connectivity index (χ1v) is 7.10. The van der Waals surface area contributed by atoms with Gasteiger partial charge in [-0.2, -0.15) is 0 Å². The molecule has 0 saturated carbocycles. The van der Waals surface area contributed by atoms with Crippen molar-refractivity contribution in [1.82, 2.24) is 15.8 Å². The molecule has 0 aliphatic rings. The first-order chi connectivity index (χ1) is 10.1. The molecule has 0 radical (unpaired) electrons. The van der Waals surface area contributed by atoms with Crippen molar-refractivity contribution in [2.45, 2.75) is 0 Å². The lowest BCUT2D eigenvalue weighted by Gasteiger charge is -2.03. The Hall–Kier alpha value is -2.05. The Morgan fingerprint density at radius 3 is 2.67 bits per heavy atom. The van der Waals surface area contributed by atoms with E-state index in [4.69, 9.17) is 11.6 Å². The minimum Gasteiger partial charge on any atom is -0.356 e. The number of halogens is 2. The first kappa shape index (κ1) is 15.3. The molecule has 0 spiro atoms. The van der Waals surface area contributed by atoms with Gasteiger partial charge in [-0.3, -0.25) is 20.4 Å². The molecule has 0 fully saturated rings. The Kier molecular flexibility index (Phi) is 5.19. The summed E-state index contributed by atoms with van der Waals surface area (Å²) in [5.74, 6) is -0.908. The van der Waals surface area contributed by atoms with Crippen LogP contribution in [0.15, 0.2) is 47.1 Å². The van der Waals surface area contributed by atoms with Gasteiger partial charge in [0.05, 0.1) is 0 Å². The molecule has 21 heavy (non-hydrogen) atoms. The molecule has 0 saturated heterocycles. The van der Waals surface area contributed by atoms with Crippen LogP contribution in [0.2, 0.25) is 5.02 Å². The number of rotatable bonds is 3. The van der Waals surface area contributed by atoms with E-state index in [0.717, 1.165) is 4.47 Å². The van der Waals surface area contributed by atoms with Gasteiger partial charge in [0.25, 0.3) is 11.8 Å². The fraction of sp³-hybridized carbons (Fsp3) is 0. The van der Waals surface area contributed by atoms with Crippen molar-refractivity contribution >= 4 is 45.4 Å². The Labute approximate surface area is 134 Å². The highest BCUT2D eigenvalue weighted by Gasteiger charge is 2.07. The third-order valence-electron chi connectivity index (χ3n) is 2.51. The highest BCUT2D eigenvalue weighted by atomic mass is 79.9. The van der Waals surface area contributed by atoms with Gasteiger partial charge in [-0.1, -0.05) is 29.8 Å². The summed E-state index contributed by atoms with van der Waals surface area (Å²) in [6.45, 7) is 0. The van der Waals surface area contributed by atoms with E-state index in [2.05, 4.69) is 31.8 Å². The zero-order chi connectivity index (χ0) is 15.2. The molecule has 0 unspecified atom stereocenters. The van der Waals surface area contributed by atoms with E-state index in [0.29, 0.717) is 16.3 Å². The standard InChI is InChI=1S/C14H11BrClN3O2/c15-10-7-12(17-8-10)14(21)19-18-13(20)6-5-9-3-1-2-4-11(9)16/h1-8,17H,(H,18,20)(H,19,21)/b6-5+. The number of hydrogen-bond acceptors (Lipinski definition) is 2. The summed E-state index contributed by atoms with van der Waals surface area (Å²) in [7, 11) is 0. The number of H-pyrrole nitrogens is 1. The molecule has 1 aromatic heterocycles. The quantitative estimate of drug-likeness (QED) is 0.576. The van der Waals surface area contributed by atoms with Gasteiger partial charge in [0, 0.05) is 21.8 Å². The predicted molar refractivity (Wildman–Crippen MR) is 84.6 cm³/mol. The number of nitrogens with one attached hydrogen (secondary N) is 3. The number of amides is 2. The van der Waals surface area contributed by atoms with Gasteiger partial charge in [0.2, 0.25) is 0 Å². The number of benzene rings is 1. The molecule has 0 atom stereocenters. The monoisotopic (exact) mass is 367 g/mol. The molecular formula is C14H11BrClN3O2. The van der Waals surface area contributed by atoms with Crippen molar-refractivity contribution in [1.29, 1.82) is 0 Å². The second kappa shape index (κ2) is 7.10. The summed E-state index contributed by atoms with van der Waals surface area (Å²) in [6.07, 6.45) is 4.47. The maximum atomic E-state index is 11.7. The van der Waals surface area contributed by atoms with Crippen LogP contribution in [0.3, 0.4) is 0 Å². The maximum absolute atomic E-state index is 11.7. The van der Waals surface area contributed by atoms with Crippen LogP contribution in [0.1, 0.15) is 16.1 Å². The molecule has 1 aromatic carbocycles. The van der Waals surface area contributed by atoms with Gasteiger partial charge in [-0.15, -0.1) is 0 Å². The van der Waals surface area contributed by atoms with Crippen LogP contribution in [0.25, 0.3) is 6.08 Å². The molecule has 108 valence electrons. The Bertz CT molecular complexity index is 697. The molecular weight excluding hydrogens is 358 g/mol. The van der Waals surface area contributed by atoms with Gasteiger partial charge in [0.1, 0.15) is 5.69 Å². The van der Waals surface area contributed by atoms with E-state index in [1.165, 1.54) is 6.08 Å². The van der Waals surface area contributed by atoms with Crippen molar-refractivity contribution in [2.75, 3.05) is 0 Å². The zero-order valence-electron chi connectivity index (χ0n) is 10.7. The molecule has 0 aliphatic carbocycles. The van der Waals surface area contributed by atoms with Crippen LogP contribution in [0, 0.1) is 0 Å². The minimum atomic E-state index is -0.464. The molecule has 2 aromatic rings. The van der Waals surface area contributed by atoms with Crippen molar-refractivity contribution in [3.05, 3.63) is 63.4 Å². The van der Waals surface area contributed by atoms with Crippen molar-refractivity contribution in [3.8, 4) is 0 Å². The smallest absolute Gasteiger partial charge is 0.286 e. The van der Waals surface area contributed by atoms with Gasteiger partial charge < -0.3 is 4.98 Å². The topological polar surface area (TPSA) is 74.0 Å². The Balaban J connectivity index is 1.88. The van der Waals surface area contributed by atoms with Gasteiger partial charge >= 0.3 is 0 Å². The maximum Gasteiger partial charge on any atom is 0.286 e. The summed E-state index contributed by atoms with van der Waals surface area (Å²) < 4.78 is 0.748. The summed E-state index contributed by atoms with van der Waals surface area (Å²) in [4.78, 5) is 26.0. The molecule has 0 bridgehead atoms. The van der Waals surface area contributed by atoms with E-state index in [9.17, 15) is 9.59 Å². The number of hydrazine groups is 1. The largest absolute Gasteiger partial charge is 0.356 e. The summed E-state index contributed by atoms with van der Waals surface area (Å²) in [6, 6.07) is 8.72. The van der Waals surface area contributed by atoms with Gasteiger partial charge in [0.15, 0.2) is 0 Å². The molecule has 5 nitrogen and oxygen atoms in total. The lowest BCUT2D eigenvalue weighted by atomic mass is 10.2. The van der Waals surface area contributed by atoms with Crippen molar-refractivity contribution in [2.24, 2.45) is 0 Å². The number of aromatic amines is 1. The van der Waals surface area contributed by atoms with Crippen molar-refractivity contribution < 1.29 is 9.59 Å². The molecule has 2 amide bonds. The average molecular weight is 369 g/mol. The second-order valence-electron chi connectivity index (χ2n) is 4.03. The SMILES string of the molecule is O=C(/C=C/c1ccccc1Cl)NNC(=O)c1cc(Br)c[nH]1. The van der Waals surface area contributed by atoms with Crippen LogP contribution in [-0.2, 0) is 4.79 Å². The van der Waals surface area contributed by atoms with E-state index < -0.39 is 11.8 Å². The van der Waals surface area contributed by atoms with E-state index >= 15 is 0 Å². The van der Waals surface area contributed by atoms with E-state index in [-0.39, 0.29) is 0 Å². The summed E-state index contributed by atoms with van der Waals surface area (Å²) in [5, 5.41) is 0.543. The number of carbonyl (C=O) groups excluding carboxylic acids is 2. The summed E-state index contributed by atoms with van der Waals surface area (Å²) >= 11 is 9.17. The van der Waals surface area contributed by atoms with Crippen LogP contribution in [0.4, 0.5) is 0 Å². The molecule has 3 N–H and O–H groups in total. The van der Waals surface area contributed by atoms with Crippen molar-refractivity contribution in [3.63, 3.8) is 0 Å². The average Bonchev–Trinajstić information content (AvgIpc) is 2.90. The molecule has 0 aliphatic heterocycles. The third kappa shape index (κ3) is 4.47. The molecule has 2 rings (SSSR count). The fourth-order valence-electron chi connectivity index (χ4n) is 1.50. The number of aromatic nitrogens is 1. The number of carbonyl (C=O) groups is 2. The van der Waals surface area contributed by atoms with Crippen LogP contribution in [-0.4, -0.2) is 16.8 Å². The van der Waals surface area contributed by atoms with Crippen LogP contribution >= 0.6 is 27.5 Å². The van der Waals surface area contributed by atoms with E-state index in [1.807, 2.05) is 6.07 Å². The van der Waals surface area contributed by atoms with Gasteiger partial charge in [-0.05, 0) is 39.7 Å². The lowest BCUT2D eigenvalue weighted by Crippen LogP contribution is -2.40. The normalized spacial score (nSPS) is 10.6. The van der Waals surface area contributed by atoms with E-state index in [1.54, 1.807) is 36.5 Å². The van der Waals surface area contributed by atoms with Gasteiger partial charge in [-0.25, -0.2) is 0 Å². The van der Waals surface area contributed by atoms with Crippen LogP contribution in [0.5, 0.6) is 0 Å². The highest BCUT2D eigenvalue weighted by Crippen LogP contribution is 2.16. The van der Waals surface area contributed by atoms with Crippen LogP contribution < -0.4 is 10.9 Å². The minimum absolute atomic E-state index is 0.331. The first-order valence-electron chi connectivity index (χ1n) is 5.93. The predicted octanol–water partition coefficient (Wildman–Crippen LogP) is 2.91. The third-order valence-corrected chi connectivity index (χ3v) is 3.31.